The molecule has 1 unspecified atom stereocenters. The summed E-state index contributed by atoms with van der Waals surface area (Å²) in [5, 5.41) is 3.27. The number of methoxy groups -OCH3 is 1. The van der Waals surface area contributed by atoms with Gasteiger partial charge in [0.1, 0.15) is 11.9 Å². The molecule has 1 atom stereocenters. The average Bonchev–Trinajstić information content (AvgIpc) is 2.24. The van der Waals surface area contributed by atoms with Crippen molar-refractivity contribution in [1.29, 1.82) is 0 Å². The summed E-state index contributed by atoms with van der Waals surface area (Å²) in [5.74, 6) is 0.932. The van der Waals surface area contributed by atoms with E-state index in [9.17, 15) is 0 Å². The SMILES string of the molecule is COCCNCC(C)Oc1cccc(C)c1. The molecule has 1 aromatic rings. The van der Waals surface area contributed by atoms with Crippen molar-refractivity contribution in [3.8, 4) is 5.75 Å². The minimum Gasteiger partial charge on any atom is -0.489 e. The van der Waals surface area contributed by atoms with Crippen molar-refractivity contribution in [2.45, 2.75) is 20.0 Å². The zero-order chi connectivity index (χ0) is 11.8. The molecule has 3 nitrogen and oxygen atoms in total. The van der Waals surface area contributed by atoms with E-state index in [1.807, 2.05) is 18.2 Å². The van der Waals surface area contributed by atoms with Crippen LogP contribution in [0.25, 0.3) is 0 Å². The van der Waals surface area contributed by atoms with Gasteiger partial charge in [0.15, 0.2) is 0 Å². The van der Waals surface area contributed by atoms with Gasteiger partial charge < -0.3 is 14.8 Å². The molecule has 0 saturated carbocycles. The van der Waals surface area contributed by atoms with Gasteiger partial charge in [-0.2, -0.15) is 0 Å². The van der Waals surface area contributed by atoms with Crippen LogP contribution in [-0.2, 0) is 4.74 Å². The zero-order valence-electron chi connectivity index (χ0n) is 10.3. The lowest BCUT2D eigenvalue weighted by molar-refractivity contribution is 0.184. The smallest absolute Gasteiger partial charge is 0.120 e. The van der Waals surface area contributed by atoms with Crippen LogP contribution >= 0.6 is 0 Å². The van der Waals surface area contributed by atoms with Crippen LogP contribution < -0.4 is 10.1 Å². The molecule has 0 amide bonds. The fourth-order valence-electron chi connectivity index (χ4n) is 1.44. The summed E-state index contributed by atoms with van der Waals surface area (Å²) in [6, 6.07) is 8.11. The zero-order valence-corrected chi connectivity index (χ0v) is 10.3. The highest BCUT2D eigenvalue weighted by atomic mass is 16.5. The lowest BCUT2D eigenvalue weighted by Gasteiger charge is -2.15. The van der Waals surface area contributed by atoms with Crippen molar-refractivity contribution >= 4 is 0 Å². The second-order valence-corrected chi connectivity index (χ2v) is 3.94. The van der Waals surface area contributed by atoms with E-state index in [1.165, 1.54) is 5.56 Å². The van der Waals surface area contributed by atoms with Crippen molar-refractivity contribution in [2.75, 3.05) is 26.8 Å². The maximum atomic E-state index is 5.77. The maximum Gasteiger partial charge on any atom is 0.120 e. The van der Waals surface area contributed by atoms with Crippen LogP contribution in [0.15, 0.2) is 24.3 Å². The van der Waals surface area contributed by atoms with Crippen LogP contribution in [0.4, 0.5) is 0 Å². The highest BCUT2D eigenvalue weighted by Crippen LogP contribution is 2.13. The predicted molar refractivity (Wildman–Crippen MR) is 66.0 cm³/mol. The predicted octanol–water partition coefficient (Wildman–Crippen LogP) is 2.00. The molecule has 0 aliphatic rings. The molecule has 0 aliphatic heterocycles. The van der Waals surface area contributed by atoms with E-state index in [4.69, 9.17) is 9.47 Å². The van der Waals surface area contributed by atoms with Gasteiger partial charge in [-0.05, 0) is 31.5 Å². The first-order chi connectivity index (χ1) is 7.72. The first-order valence-electron chi connectivity index (χ1n) is 5.65. The quantitative estimate of drug-likeness (QED) is 0.717. The third kappa shape index (κ3) is 5.14. The molecule has 0 aromatic heterocycles. The average molecular weight is 223 g/mol. The Hall–Kier alpha value is -1.06. The van der Waals surface area contributed by atoms with Gasteiger partial charge in [0.2, 0.25) is 0 Å². The van der Waals surface area contributed by atoms with Crippen LogP contribution in [0.2, 0.25) is 0 Å². The van der Waals surface area contributed by atoms with Gasteiger partial charge in [-0.1, -0.05) is 12.1 Å². The number of hydrogen-bond acceptors (Lipinski definition) is 3. The second kappa shape index (κ2) is 7.25. The Morgan fingerprint density at radius 2 is 2.19 bits per heavy atom. The van der Waals surface area contributed by atoms with Crippen molar-refractivity contribution in [1.82, 2.24) is 5.32 Å². The van der Waals surface area contributed by atoms with E-state index < -0.39 is 0 Å². The van der Waals surface area contributed by atoms with Gasteiger partial charge in [-0.15, -0.1) is 0 Å². The Balaban J connectivity index is 2.25. The molecule has 0 heterocycles. The van der Waals surface area contributed by atoms with Gasteiger partial charge in [0, 0.05) is 20.2 Å². The number of rotatable bonds is 7. The number of benzene rings is 1. The number of nitrogens with one attached hydrogen (secondary N) is 1. The van der Waals surface area contributed by atoms with Crippen molar-refractivity contribution < 1.29 is 9.47 Å². The largest absolute Gasteiger partial charge is 0.489 e. The molecule has 1 aromatic carbocycles. The van der Waals surface area contributed by atoms with Gasteiger partial charge in [-0.3, -0.25) is 0 Å². The van der Waals surface area contributed by atoms with Crippen molar-refractivity contribution in [3.63, 3.8) is 0 Å². The van der Waals surface area contributed by atoms with E-state index >= 15 is 0 Å². The third-order valence-corrected chi connectivity index (χ3v) is 2.24. The molecular formula is C13H21NO2. The molecule has 0 spiro atoms. The van der Waals surface area contributed by atoms with Gasteiger partial charge in [0.05, 0.1) is 6.61 Å². The Bertz CT molecular complexity index is 302. The highest BCUT2D eigenvalue weighted by molar-refractivity contribution is 5.27. The molecular weight excluding hydrogens is 202 g/mol. The summed E-state index contributed by atoms with van der Waals surface area (Å²) in [7, 11) is 1.70. The Morgan fingerprint density at radius 1 is 1.38 bits per heavy atom. The maximum absolute atomic E-state index is 5.77. The summed E-state index contributed by atoms with van der Waals surface area (Å²) in [6.07, 6.45) is 0.165. The molecule has 1 rings (SSSR count). The topological polar surface area (TPSA) is 30.5 Å². The molecule has 16 heavy (non-hydrogen) atoms. The fourth-order valence-corrected chi connectivity index (χ4v) is 1.44. The van der Waals surface area contributed by atoms with Crippen molar-refractivity contribution in [2.24, 2.45) is 0 Å². The molecule has 0 bridgehead atoms. The molecule has 0 radical (unpaired) electrons. The summed E-state index contributed by atoms with van der Waals surface area (Å²) in [5.41, 5.74) is 1.22. The monoisotopic (exact) mass is 223 g/mol. The van der Waals surface area contributed by atoms with Crippen LogP contribution in [0.5, 0.6) is 5.75 Å². The lowest BCUT2D eigenvalue weighted by Crippen LogP contribution is -2.31. The standard InChI is InChI=1S/C13H21NO2/c1-11-5-4-6-13(9-11)16-12(2)10-14-7-8-15-3/h4-6,9,12,14H,7-8,10H2,1-3H3. The minimum absolute atomic E-state index is 0.165. The summed E-state index contributed by atoms with van der Waals surface area (Å²) in [4.78, 5) is 0. The third-order valence-electron chi connectivity index (χ3n) is 2.24. The van der Waals surface area contributed by atoms with Crippen molar-refractivity contribution in [3.05, 3.63) is 29.8 Å². The van der Waals surface area contributed by atoms with E-state index in [1.54, 1.807) is 7.11 Å². The van der Waals surface area contributed by atoms with E-state index in [0.717, 1.165) is 25.4 Å². The van der Waals surface area contributed by atoms with Gasteiger partial charge in [-0.25, -0.2) is 0 Å². The first kappa shape index (κ1) is 13.0. The lowest BCUT2D eigenvalue weighted by atomic mass is 10.2. The van der Waals surface area contributed by atoms with Gasteiger partial charge >= 0.3 is 0 Å². The molecule has 1 N–H and O–H groups in total. The molecule has 90 valence electrons. The van der Waals surface area contributed by atoms with Crippen LogP contribution in [-0.4, -0.2) is 32.9 Å². The van der Waals surface area contributed by atoms with E-state index in [-0.39, 0.29) is 6.10 Å². The molecule has 3 heteroatoms. The Kier molecular flexibility index (Phi) is 5.90. The molecule has 0 saturated heterocycles. The van der Waals surface area contributed by atoms with Crippen LogP contribution in [0.1, 0.15) is 12.5 Å². The van der Waals surface area contributed by atoms with Crippen LogP contribution in [0.3, 0.4) is 0 Å². The van der Waals surface area contributed by atoms with Crippen LogP contribution in [0, 0.1) is 6.92 Å². The summed E-state index contributed by atoms with van der Waals surface area (Å²) in [6.45, 7) is 6.54. The Morgan fingerprint density at radius 3 is 2.88 bits per heavy atom. The van der Waals surface area contributed by atoms with E-state index in [2.05, 4.69) is 25.2 Å². The van der Waals surface area contributed by atoms with E-state index in [0.29, 0.717) is 0 Å². The highest BCUT2D eigenvalue weighted by Gasteiger charge is 2.03. The minimum atomic E-state index is 0.165. The van der Waals surface area contributed by atoms with Gasteiger partial charge in [0.25, 0.3) is 0 Å². The molecule has 0 aliphatic carbocycles. The molecule has 0 fully saturated rings. The summed E-state index contributed by atoms with van der Waals surface area (Å²) >= 11 is 0. The normalized spacial score (nSPS) is 12.4. The fraction of sp³-hybridized carbons (Fsp3) is 0.538. The first-order valence-corrected chi connectivity index (χ1v) is 5.65. The Labute approximate surface area is 97.8 Å². The summed E-state index contributed by atoms with van der Waals surface area (Å²) < 4.78 is 10.7. The number of aryl methyl sites for hydroxylation is 1. The number of hydrogen-bond donors (Lipinski definition) is 1. The number of ether oxygens (including phenoxy) is 2. The second-order valence-electron chi connectivity index (χ2n) is 3.94.